The molecule has 0 bridgehead atoms. The van der Waals surface area contributed by atoms with Gasteiger partial charge in [0.25, 0.3) is 0 Å². The van der Waals surface area contributed by atoms with Gasteiger partial charge in [-0.25, -0.2) is 0 Å². The smallest absolute Gasteiger partial charge is 0.0468 e. The van der Waals surface area contributed by atoms with Gasteiger partial charge in [-0.1, -0.05) is 181 Å². The van der Waals surface area contributed by atoms with Crippen molar-refractivity contribution in [1.29, 1.82) is 0 Å². The van der Waals surface area contributed by atoms with E-state index in [0.29, 0.717) is 0 Å². The fourth-order valence-corrected chi connectivity index (χ4v) is 9.47. The highest BCUT2D eigenvalue weighted by Gasteiger charge is 2.23. The van der Waals surface area contributed by atoms with Crippen LogP contribution in [0.25, 0.3) is 87.2 Å². The van der Waals surface area contributed by atoms with E-state index in [-0.39, 0.29) is 0 Å². The van der Waals surface area contributed by atoms with Gasteiger partial charge in [-0.15, -0.1) is 0 Å². The molecule has 11 aromatic rings. The lowest BCUT2D eigenvalue weighted by molar-refractivity contribution is 1.30. The molecule has 278 valence electrons. The minimum atomic E-state index is 1.11. The highest BCUT2D eigenvalue weighted by atomic mass is 15.1. The van der Waals surface area contributed by atoms with Gasteiger partial charge in [-0.05, 0) is 144 Å². The Morgan fingerprint density at radius 1 is 0.288 bits per heavy atom. The van der Waals surface area contributed by atoms with Crippen molar-refractivity contribution in [2.24, 2.45) is 0 Å². The Morgan fingerprint density at radius 3 is 1.41 bits per heavy atom. The third-order valence-corrected chi connectivity index (χ3v) is 12.0. The standard InChI is InChI=1S/C58H41N/c1-38-31-39(2)33-46(32-38)54-37-53(42-17-5-3-6-18-42)57-51-24-14-13-23-50(51)55-36-49(29-30-52(55)58(57)56(54)43-19-7-4-8-20-43)59(47-27-25-40-15-9-11-21-44(40)34-47)48-28-26-41-16-10-12-22-45(41)35-48/h3-37H,1-2H3. The van der Waals surface area contributed by atoms with E-state index >= 15 is 0 Å². The summed E-state index contributed by atoms with van der Waals surface area (Å²) in [5.74, 6) is 0. The average Bonchev–Trinajstić information content (AvgIpc) is 3.28. The summed E-state index contributed by atoms with van der Waals surface area (Å²) in [5, 5.41) is 12.4. The van der Waals surface area contributed by atoms with Crippen molar-refractivity contribution in [3.05, 3.63) is 223 Å². The van der Waals surface area contributed by atoms with Crippen LogP contribution in [0.4, 0.5) is 17.1 Å². The van der Waals surface area contributed by atoms with E-state index in [4.69, 9.17) is 0 Å². The van der Waals surface area contributed by atoms with Crippen LogP contribution >= 0.6 is 0 Å². The Labute approximate surface area is 345 Å². The predicted molar refractivity (Wildman–Crippen MR) is 254 cm³/mol. The molecule has 0 atom stereocenters. The summed E-state index contributed by atoms with van der Waals surface area (Å²) in [6.45, 7) is 4.41. The number of hydrogen-bond donors (Lipinski definition) is 0. The maximum absolute atomic E-state index is 2.46. The highest BCUT2D eigenvalue weighted by Crippen LogP contribution is 2.50. The van der Waals surface area contributed by atoms with E-state index in [1.807, 2.05) is 0 Å². The molecule has 0 heterocycles. The van der Waals surface area contributed by atoms with Gasteiger partial charge in [-0.3, -0.25) is 0 Å². The Balaban J connectivity index is 1.28. The molecule has 0 fully saturated rings. The van der Waals surface area contributed by atoms with Gasteiger partial charge in [0.1, 0.15) is 0 Å². The number of benzene rings is 11. The highest BCUT2D eigenvalue weighted by molar-refractivity contribution is 6.33. The van der Waals surface area contributed by atoms with Crippen molar-refractivity contribution in [3.8, 4) is 33.4 Å². The first-order valence-corrected chi connectivity index (χ1v) is 20.5. The van der Waals surface area contributed by atoms with Crippen LogP contribution in [0.1, 0.15) is 11.1 Å². The van der Waals surface area contributed by atoms with Gasteiger partial charge < -0.3 is 4.90 Å². The fraction of sp³-hybridized carbons (Fsp3) is 0.0345. The lowest BCUT2D eigenvalue weighted by Crippen LogP contribution is -2.10. The number of nitrogens with zero attached hydrogens (tertiary/aromatic N) is 1. The molecule has 0 aliphatic rings. The molecular formula is C58H41N. The van der Waals surface area contributed by atoms with Crippen LogP contribution in [0.15, 0.2) is 212 Å². The second-order valence-corrected chi connectivity index (χ2v) is 15.9. The van der Waals surface area contributed by atoms with Gasteiger partial charge in [0, 0.05) is 17.1 Å². The number of hydrogen-bond acceptors (Lipinski definition) is 1. The Morgan fingerprint density at radius 2 is 0.780 bits per heavy atom. The molecule has 0 N–H and O–H groups in total. The largest absolute Gasteiger partial charge is 0.310 e. The molecule has 0 unspecified atom stereocenters. The molecule has 1 nitrogen and oxygen atoms in total. The minimum absolute atomic E-state index is 1.11. The molecule has 11 rings (SSSR count). The third kappa shape index (κ3) is 6.02. The van der Waals surface area contributed by atoms with E-state index in [1.165, 1.54) is 98.4 Å². The van der Waals surface area contributed by atoms with Gasteiger partial charge in [-0.2, -0.15) is 0 Å². The minimum Gasteiger partial charge on any atom is -0.310 e. The topological polar surface area (TPSA) is 3.24 Å². The molecule has 0 spiro atoms. The molecule has 59 heavy (non-hydrogen) atoms. The Kier molecular flexibility index (Phi) is 8.34. The lowest BCUT2D eigenvalue weighted by Gasteiger charge is -2.27. The summed E-state index contributed by atoms with van der Waals surface area (Å²) < 4.78 is 0. The second kappa shape index (κ2) is 14.2. The van der Waals surface area contributed by atoms with Crippen molar-refractivity contribution >= 4 is 70.9 Å². The SMILES string of the molecule is Cc1cc(C)cc(-c2cc(-c3ccccc3)c3c4ccccc4c4cc(N(c5ccc6ccccc6c5)c5ccc6ccccc6c5)ccc4c3c2-c2ccccc2)c1. The van der Waals surface area contributed by atoms with E-state index in [9.17, 15) is 0 Å². The first-order valence-electron chi connectivity index (χ1n) is 20.5. The molecular weight excluding hydrogens is 711 g/mol. The Bertz CT molecular complexity index is 3300. The monoisotopic (exact) mass is 751 g/mol. The number of fused-ring (bicyclic) bond motifs is 8. The van der Waals surface area contributed by atoms with Crippen molar-refractivity contribution in [2.75, 3.05) is 4.90 Å². The van der Waals surface area contributed by atoms with Gasteiger partial charge in [0.2, 0.25) is 0 Å². The number of aryl methyl sites for hydroxylation is 2. The maximum atomic E-state index is 2.46. The Hall–Kier alpha value is -7.48. The zero-order valence-corrected chi connectivity index (χ0v) is 33.2. The van der Waals surface area contributed by atoms with Crippen LogP contribution in [-0.4, -0.2) is 0 Å². The summed E-state index contributed by atoms with van der Waals surface area (Å²) in [4.78, 5) is 2.43. The maximum Gasteiger partial charge on any atom is 0.0468 e. The summed E-state index contributed by atoms with van der Waals surface area (Å²) in [6.07, 6.45) is 0. The quantitative estimate of drug-likeness (QED) is 0.153. The summed E-state index contributed by atoms with van der Waals surface area (Å²) >= 11 is 0. The molecule has 0 saturated heterocycles. The fourth-order valence-electron chi connectivity index (χ4n) is 9.47. The van der Waals surface area contributed by atoms with E-state index in [0.717, 1.165) is 17.1 Å². The van der Waals surface area contributed by atoms with Crippen LogP contribution in [-0.2, 0) is 0 Å². The van der Waals surface area contributed by atoms with Crippen molar-refractivity contribution in [3.63, 3.8) is 0 Å². The lowest BCUT2D eigenvalue weighted by atomic mass is 9.81. The molecule has 0 saturated carbocycles. The van der Waals surface area contributed by atoms with Crippen molar-refractivity contribution in [1.82, 2.24) is 0 Å². The van der Waals surface area contributed by atoms with E-state index in [2.05, 4.69) is 231 Å². The molecule has 0 radical (unpaired) electrons. The summed E-state index contributed by atoms with van der Waals surface area (Å²) in [5.41, 5.74) is 13.3. The summed E-state index contributed by atoms with van der Waals surface area (Å²) in [7, 11) is 0. The van der Waals surface area contributed by atoms with Crippen LogP contribution in [0.2, 0.25) is 0 Å². The summed E-state index contributed by atoms with van der Waals surface area (Å²) in [6, 6.07) is 78.5. The van der Waals surface area contributed by atoms with Crippen molar-refractivity contribution in [2.45, 2.75) is 13.8 Å². The van der Waals surface area contributed by atoms with Crippen LogP contribution < -0.4 is 4.90 Å². The number of anilines is 3. The zero-order valence-electron chi connectivity index (χ0n) is 33.2. The molecule has 0 aromatic heterocycles. The van der Waals surface area contributed by atoms with E-state index < -0.39 is 0 Å². The molecule has 0 aliphatic carbocycles. The third-order valence-electron chi connectivity index (χ3n) is 12.0. The van der Waals surface area contributed by atoms with Crippen LogP contribution in [0, 0.1) is 13.8 Å². The molecule has 0 amide bonds. The first-order chi connectivity index (χ1) is 29.1. The average molecular weight is 752 g/mol. The molecule has 11 aromatic carbocycles. The normalized spacial score (nSPS) is 11.6. The van der Waals surface area contributed by atoms with Gasteiger partial charge in [0.05, 0.1) is 0 Å². The second-order valence-electron chi connectivity index (χ2n) is 15.9. The molecule has 1 heteroatoms. The van der Waals surface area contributed by atoms with Gasteiger partial charge in [0.15, 0.2) is 0 Å². The van der Waals surface area contributed by atoms with Crippen molar-refractivity contribution < 1.29 is 0 Å². The van der Waals surface area contributed by atoms with Gasteiger partial charge >= 0.3 is 0 Å². The van der Waals surface area contributed by atoms with Crippen LogP contribution in [0.3, 0.4) is 0 Å². The van der Waals surface area contributed by atoms with Crippen LogP contribution in [0.5, 0.6) is 0 Å². The van der Waals surface area contributed by atoms with E-state index in [1.54, 1.807) is 0 Å². The zero-order chi connectivity index (χ0) is 39.5. The first kappa shape index (κ1) is 34.7. The number of rotatable bonds is 6. The predicted octanol–water partition coefficient (Wildman–Crippen LogP) is 16.5. The molecule has 0 aliphatic heterocycles.